The number of aromatic nitrogens is 3. The van der Waals surface area contributed by atoms with Gasteiger partial charge in [0.25, 0.3) is 0 Å². The second-order valence-corrected chi connectivity index (χ2v) is 6.50. The Bertz CT molecular complexity index is 941. The summed E-state index contributed by atoms with van der Waals surface area (Å²) in [6, 6.07) is 3.40. The van der Waals surface area contributed by atoms with E-state index in [2.05, 4.69) is 15.0 Å². The quantitative estimate of drug-likeness (QED) is 0.519. The molecule has 0 atom stereocenters. The summed E-state index contributed by atoms with van der Waals surface area (Å²) in [6.07, 6.45) is 3.58. The first-order valence-electron chi connectivity index (χ1n) is 7.07. The van der Waals surface area contributed by atoms with Gasteiger partial charge in [0.2, 0.25) is 0 Å². The van der Waals surface area contributed by atoms with Crippen molar-refractivity contribution >= 4 is 51.7 Å². The van der Waals surface area contributed by atoms with Gasteiger partial charge in [0.1, 0.15) is 17.0 Å². The van der Waals surface area contributed by atoms with Crippen LogP contribution in [0, 0.1) is 0 Å². The molecule has 9 heteroatoms. The van der Waals surface area contributed by atoms with E-state index < -0.39 is 0 Å². The zero-order valence-electron chi connectivity index (χ0n) is 13.6. The molecule has 3 rings (SSSR count). The van der Waals surface area contributed by atoms with Gasteiger partial charge in [-0.3, -0.25) is 0 Å². The maximum atomic E-state index is 6.45. The molecule has 0 bridgehead atoms. The molecule has 0 fully saturated rings. The summed E-state index contributed by atoms with van der Waals surface area (Å²) in [4.78, 5) is 13.1. The number of hydrogen-bond acceptors (Lipinski definition) is 7. The van der Waals surface area contributed by atoms with Crippen molar-refractivity contribution < 1.29 is 9.47 Å². The van der Waals surface area contributed by atoms with E-state index in [9.17, 15) is 0 Å². The van der Waals surface area contributed by atoms with Crippen LogP contribution in [0.3, 0.4) is 0 Å². The number of hydrogen-bond donors (Lipinski definition) is 1. The lowest BCUT2D eigenvalue weighted by Crippen LogP contribution is -2.00. The molecule has 0 aliphatic heterocycles. The Hall–Kier alpha value is -1.96. The second kappa shape index (κ2) is 7.11. The monoisotopic (exact) mass is 396 g/mol. The zero-order valence-corrected chi connectivity index (χ0v) is 16.0. The summed E-state index contributed by atoms with van der Waals surface area (Å²) in [5.41, 5.74) is 7.63. The molecule has 6 nitrogen and oxygen atoms in total. The van der Waals surface area contributed by atoms with Gasteiger partial charge < -0.3 is 15.2 Å². The van der Waals surface area contributed by atoms with Crippen molar-refractivity contribution in [3.8, 4) is 22.8 Å². The highest BCUT2D eigenvalue weighted by Crippen LogP contribution is 2.46. The van der Waals surface area contributed by atoms with Crippen LogP contribution in [0.25, 0.3) is 22.2 Å². The van der Waals surface area contributed by atoms with Gasteiger partial charge in [-0.15, -0.1) is 0 Å². The van der Waals surface area contributed by atoms with E-state index in [0.717, 1.165) is 5.39 Å². The van der Waals surface area contributed by atoms with Crippen LogP contribution in [0.15, 0.2) is 23.5 Å². The highest BCUT2D eigenvalue weighted by atomic mass is 35.5. The van der Waals surface area contributed by atoms with E-state index in [1.807, 2.05) is 6.26 Å². The van der Waals surface area contributed by atoms with Gasteiger partial charge in [-0.2, -0.15) is 0 Å². The van der Waals surface area contributed by atoms with Crippen LogP contribution in [-0.4, -0.2) is 35.4 Å². The fourth-order valence-electron chi connectivity index (χ4n) is 2.38. The number of fused-ring (bicyclic) bond motifs is 1. The minimum absolute atomic E-state index is 0.263. The van der Waals surface area contributed by atoms with Crippen LogP contribution in [0.5, 0.6) is 11.5 Å². The van der Waals surface area contributed by atoms with Crippen molar-refractivity contribution in [1.82, 2.24) is 15.0 Å². The predicted molar refractivity (Wildman–Crippen MR) is 102 cm³/mol. The average Bonchev–Trinajstić information content (AvgIpc) is 2.62. The van der Waals surface area contributed by atoms with Gasteiger partial charge in [0, 0.05) is 23.2 Å². The number of nitrogen functional groups attached to an aromatic ring is 1. The smallest absolute Gasteiger partial charge is 0.187 e. The minimum Gasteiger partial charge on any atom is -0.495 e. The number of thioether (sulfide) groups is 1. The van der Waals surface area contributed by atoms with Gasteiger partial charge in [0.15, 0.2) is 11.0 Å². The second-order valence-electron chi connectivity index (χ2n) is 4.97. The molecule has 25 heavy (non-hydrogen) atoms. The third-order valence-corrected chi connectivity index (χ3v) is 4.90. The molecule has 3 aromatic rings. The van der Waals surface area contributed by atoms with Crippen molar-refractivity contribution in [3.05, 3.63) is 28.4 Å². The number of rotatable bonds is 4. The highest BCUT2D eigenvalue weighted by Gasteiger charge is 2.21. The first-order valence-corrected chi connectivity index (χ1v) is 9.05. The van der Waals surface area contributed by atoms with E-state index in [4.69, 9.17) is 38.4 Å². The molecule has 2 aromatic heterocycles. The molecule has 130 valence electrons. The standard InChI is InChI=1S/C16H14Cl2N4O2S/c1-23-9-5-10(24-2)13(18)11(12(9)17)8-4-7-6-20-16(25-3)22-14(7)15(19)21-8/h4-6H,1-3H3,(H2,19,21). The molecule has 0 unspecified atom stereocenters. The van der Waals surface area contributed by atoms with Crippen LogP contribution < -0.4 is 15.2 Å². The van der Waals surface area contributed by atoms with Crippen molar-refractivity contribution in [3.63, 3.8) is 0 Å². The number of ether oxygens (including phenoxy) is 2. The van der Waals surface area contributed by atoms with Gasteiger partial charge >= 0.3 is 0 Å². The number of anilines is 1. The SMILES string of the molecule is COc1cc(OC)c(Cl)c(-c2cc3cnc(SC)nc3c(N)n2)c1Cl. The van der Waals surface area contributed by atoms with Gasteiger partial charge in [-0.05, 0) is 12.3 Å². The third kappa shape index (κ3) is 3.15. The molecule has 0 saturated heterocycles. The lowest BCUT2D eigenvalue weighted by Gasteiger charge is -2.15. The van der Waals surface area contributed by atoms with Crippen molar-refractivity contribution in [2.24, 2.45) is 0 Å². The summed E-state index contributed by atoms with van der Waals surface area (Å²) in [7, 11) is 3.02. The summed E-state index contributed by atoms with van der Waals surface area (Å²) in [6.45, 7) is 0. The van der Waals surface area contributed by atoms with E-state index in [1.54, 1.807) is 18.3 Å². The zero-order chi connectivity index (χ0) is 18.1. The largest absolute Gasteiger partial charge is 0.495 e. The fourth-order valence-corrected chi connectivity index (χ4v) is 3.42. The van der Waals surface area contributed by atoms with Crippen molar-refractivity contribution in [2.45, 2.75) is 5.16 Å². The van der Waals surface area contributed by atoms with Crippen LogP contribution in [-0.2, 0) is 0 Å². The molecule has 0 aliphatic carbocycles. The van der Waals surface area contributed by atoms with E-state index in [-0.39, 0.29) is 5.82 Å². The van der Waals surface area contributed by atoms with Gasteiger partial charge in [-0.25, -0.2) is 15.0 Å². The number of pyridine rings is 1. The lowest BCUT2D eigenvalue weighted by molar-refractivity contribution is 0.395. The molecule has 2 N–H and O–H groups in total. The third-order valence-electron chi connectivity index (χ3n) is 3.58. The summed E-state index contributed by atoms with van der Waals surface area (Å²) in [5.74, 6) is 1.11. The van der Waals surface area contributed by atoms with E-state index in [0.29, 0.717) is 43.5 Å². The summed E-state index contributed by atoms with van der Waals surface area (Å²) >= 11 is 14.3. The first kappa shape index (κ1) is 17.8. The maximum Gasteiger partial charge on any atom is 0.187 e. The molecule has 0 amide bonds. The maximum absolute atomic E-state index is 6.45. The first-order chi connectivity index (χ1) is 12.0. The predicted octanol–water partition coefficient (Wildman–Crippen LogP) is 4.32. The number of nitrogens with two attached hydrogens (primary N) is 1. The molecule has 2 heterocycles. The fraction of sp³-hybridized carbons (Fsp3) is 0.188. The Balaban J connectivity index is 2.30. The van der Waals surface area contributed by atoms with Crippen LogP contribution in [0.2, 0.25) is 10.0 Å². The summed E-state index contributed by atoms with van der Waals surface area (Å²) < 4.78 is 10.6. The average molecular weight is 397 g/mol. The van der Waals surface area contributed by atoms with E-state index in [1.165, 1.54) is 26.0 Å². The van der Waals surface area contributed by atoms with Crippen molar-refractivity contribution in [2.75, 3.05) is 26.2 Å². The Labute approximate surface area is 158 Å². The van der Waals surface area contributed by atoms with Crippen LogP contribution >= 0.6 is 35.0 Å². The molecule has 1 aromatic carbocycles. The number of benzene rings is 1. The van der Waals surface area contributed by atoms with Crippen molar-refractivity contribution in [1.29, 1.82) is 0 Å². The normalized spacial score (nSPS) is 10.9. The molecule has 0 aliphatic rings. The Morgan fingerprint density at radius 1 is 1.04 bits per heavy atom. The highest BCUT2D eigenvalue weighted by molar-refractivity contribution is 7.98. The van der Waals surface area contributed by atoms with Gasteiger partial charge in [-0.1, -0.05) is 35.0 Å². The Morgan fingerprint density at radius 2 is 1.68 bits per heavy atom. The number of halogens is 2. The Kier molecular flexibility index (Phi) is 5.08. The van der Waals surface area contributed by atoms with E-state index >= 15 is 0 Å². The molecular formula is C16H14Cl2N4O2S. The number of methoxy groups -OCH3 is 2. The number of nitrogens with zero attached hydrogens (tertiary/aromatic N) is 3. The van der Waals surface area contributed by atoms with Crippen LogP contribution in [0.4, 0.5) is 5.82 Å². The Morgan fingerprint density at radius 3 is 2.24 bits per heavy atom. The van der Waals surface area contributed by atoms with Gasteiger partial charge in [0.05, 0.1) is 30.0 Å². The summed E-state index contributed by atoms with van der Waals surface area (Å²) in [5, 5.41) is 1.99. The molecule has 0 radical (unpaired) electrons. The molecule has 0 saturated carbocycles. The molecular weight excluding hydrogens is 383 g/mol. The minimum atomic E-state index is 0.263. The molecule has 0 spiro atoms. The lowest BCUT2D eigenvalue weighted by atomic mass is 10.1. The van der Waals surface area contributed by atoms with Crippen LogP contribution in [0.1, 0.15) is 0 Å². The topological polar surface area (TPSA) is 83.2 Å².